The number of hydrogen-bond donors (Lipinski definition) is 1. The quantitative estimate of drug-likeness (QED) is 0.461. The summed E-state index contributed by atoms with van der Waals surface area (Å²) >= 11 is 4.33. The molecule has 0 atom stereocenters. The molecule has 74 valence electrons. The summed E-state index contributed by atoms with van der Waals surface area (Å²) in [5.41, 5.74) is 2.99. The van der Waals surface area contributed by atoms with Gasteiger partial charge in [0, 0.05) is 5.39 Å². The lowest BCUT2D eigenvalue weighted by Crippen LogP contribution is -1.95. The van der Waals surface area contributed by atoms with E-state index in [9.17, 15) is 0 Å². The second-order valence-corrected chi connectivity index (χ2v) is 3.91. The molecule has 0 fully saturated rings. The Balaban J connectivity index is 2.63. The maximum absolute atomic E-state index is 4.38. The van der Waals surface area contributed by atoms with Gasteiger partial charge in [0.25, 0.3) is 0 Å². The molecular weight excluding hydrogens is 206 g/mol. The smallest absolute Gasteiger partial charge is 0.186 e. The molecule has 0 aliphatic rings. The van der Waals surface area contributed by atoms with Crippen LogP contribution in [0.4, 0.5) is 0 Å². The van der Waals surface area contributed by atoms with Crippen molar-refractivity contribution in [3.63, 3.8) is 0 Å². The minimum atomic E-state index is 0.622. The van der Waals surface area contributed by atoms with Crippen LogP contribution in [-0.2, 0) is 0 Å². The molecule has 0 amide bonds. The Hall–Kier alpha value is -1.55. The Morgan fingerprint density at radius 2 is 2.07 bits per heavy atom. The fraction of sp³-hybridized carbons (Fsp3) is 0.0909. The van der Waals surface area contributed by atoms with Crippen molar-refractivity contribution in [3.8, 4) is 0 Å². The topological polar surface area (TPSA) is 30.2 Å². The van der Waals surface area contributed by atoms with Gasteiger partial charge in [0.05, 0.1) is 16.7 Å². The van der Waals surface area contributed by atoms with Crippen LogP contribution in [0.2, 0.25) is 0 Å². The van der Waals surface area contributed by atoms with E-state index in [-0.39, 0.29) is 0 Å². The van der Waals surface area contributed by atoms with Crippen molar-refractivity contribution in [2.75, 3.05) is 0 Å². The fourth-order valence-electron chi connectivity index (χ4n) is 1.79. The van der Waals surface area contributed by atoms with Gasteiger partial charge in [-0.1, -0.05) is 18.2 Å². The normalized spacial score (nSPS) is 11.3. The average Bonchev–Trinajstić information content (AvgIpc) is 2.61. The predicted molar refractivity (Wildman–Crippen MR) is 62.5 cm³/mol. The molecule has 15 heavy (non-hydrogen) atoms. The van der Waals surface area contributed by atoms with Crippen LogP contribution < -0.4 is 0 Å². The zero-order valence-corrected chi connectivity index (χ0v) is 9.07. The van der Waals surface area contributed by atoms with Gasteiger partial charge in [-0.15, -0.1) is 12.6 Å². The molecule has 1 aromatic carbocycles. The summed E-state index contributed by atoms with van der Waals surface area (Å²) in [5, 5.41) is 6.07. The van der Waals surface area contributed by atoms with Crippen molar-refractivity contribution in [3.05, 3.63) is 36.0 Å². The average molecular weight is 215 g/mol. The number of fused-ring (bicyclic) bond motifs is 3. The summed E-state index contributed by atoms with van der Waals surface area (Å²) in [5.74, 6) is 0. The van der Waals surface area contributed by atoms with Crippen molar-refractivity contribution in [1.82, 2.24) is 14.6 Å². The zero-order chi connectivity index (χ0) is 10.4. The van der Waals surface area contributed by atoms with E-state index in [1.807, 2.05) is 37.3 Å². The zero-order valence-electron chi connectivity index (χ0n) is 8.18. The summed E-state index contributed by atoms with van der Waals surface area (Å²) in [4.78, 5) is 4.38. The predicted octanol–water partition coefficient (Wildman–Crippen LogP) is 2.48. The van der Waals surface area contributed by atoms with Crippen molar-refractivity contribution in [1.29, 1.82) is 0 Å². The lowest BCUT2D eigenvalue weighted by molar-refractivity contribution is 0.801. The molecule has 3 rings (SSSR count). The van der Waals surface area contributed by atoms with Crippen LogP contribution in [0.5, 0.6) is 0 Å². The third-order valence-electron chi connectivity index (χ3n) is 2.42. The van der Waals surface area contributed by atoms with Crippen LogP contribution in [0.1, 0.15) is 5.69 Å². The molecule has 0 saturated heterocycles. The van der Waals surface area contributed by atoms with E-state index < -0.39 is 0 Å². The number of benzene rings is 1. The number of hydrogen-bond acceptors (Lipinski definition) is 3. The van der Waals surface area contributed by atoms with Gasteiger partial charge >= 0.3 is 0 Å². The minimum Gasteiger partial charge on any atom is -0.223 e. The van der Waals surface area contributed by atoms with E-state index >= 15 is 0 Å². The van der Waals surface area contributed by atoms with Crippen LogP contribution in [0.3, 0.4) is 0 Å². The first kappa shape index (κ1) is 8.73. The molecule has 0 N–H and O–H groups in total. The van der Waals surface area contributed by atoms with E-state index in [1.165, 1.54) is 0 Å². The monoisotopic (exact) mass is 215 g/mol. The van der Waals surface area contributed by atoms with E-state index in [0.717, 1.165) is 22.1 Å². The van der Waals surface area contributed by atoms with Gasteiger partial charge in [0.15, 0.2) is 5.16 Å². The number of aromatic nitrogens is 3. The van der Waals surface area contributed by atoms with Gasteiger partial charge < -0.3 is 0 Å². The van der Waals surface area contributed by atoms with Crippen LogP contribution in [0.25, 0.3) is 16.4 Å². The first-order valence-corrected chi connectivity index (χ1v) is 5.14. The Bertz CT molecular complexity index is 657. The molecule has 0 aliphatic heterocycles. The molecule has 0 radical (unpaired) electrons. The maximum Gasteiger partial charge on any atom is 0.186 e. The lowest BCUT2D eigenvalue weighted by Gasteiger charge is -2.01. The Morgan fingerprint density at radius 3 is 2.93 bits per heavy atom. The summed E-state index contributed by atoms with van der Waals surface area (Å²) in [6.07, 6.45) is 0. The highest BCUT2D eigenvalue weighted by molar-refractivity contribution is 7.80. The highest BCUT2D eigenvalue weighted by atomic mass is 32.1. The minimum absolute atomic E-state index is 0.622. The van der Waals surface area contributed by atoms with Gasteiger partial charge in [-0.2, -0.15) is 5.10 Å². The molecule has 0 unspecified atom stereocenters. The maximum atomic E-state index is 4.38. The van der Waals surface area contributed by atoms with Crippen molar-refractivity contribution in [2.45, 2.75) is 12.1 Å². The molecule has 0 spiro atoms. The Morgan fingerprint density at radius 1 is 1.27 bits per heavy atom. The van der Waals surface area contributed by atoms with Crippen molar-refractivity contribution < 1.29 is 0 Å². The first-order chi connectivity index (χ1) is 7.25. The summed E-state index contributed by atoms with van der Waals surface area (Å²) in [7, 11) is 0. The molecule has 0 saturated carbocycles. The van der Waals surface area contributed by atoms with Gasteiger partial charge in [0.2, 0.25) is 0 Å². The van der Waals surface area contributed by atoms with E-state index in [0.29, 0.717) is 5.16 Å². The SMILES string of the molecule is Cc1cc2c3ccccc3nc(S)n2n1. The third kappa shape index (κ3) is 1.22. The van der Waals surface area contributed by atoms with Crippen molar-refractivity contribution in [2.24, 2.45) is 0 Å². The number of rotatable bonds is 0. The standard InChI is InChI=1S/C11H9N3S/c1-7-6-10-8-4-2-3-5-9(8)12-11(15)14(10)13-7/h2-6H,1H3,(H,12,15). The van der Waals surface area contributed by atoms with Crippen LogP contribution in [-0.4, -0.2) is 14.6 Å². The molecule has 2 aromatic heterocycles. The number of nitrogens with zero attached hydrogens (tertiary/aromatic N) is 3. The molecule has 3 aromatic rings. The molecular formula is C11H9N3S. The second-order valence-electron chi connectivity index (χ2n) is 3.51. The van der Waals surface area contributed by atoms with Gasteiger partial charge in [-0.3, -0.25) is 0 Å². The number of para-hydroxylation sites is 1. The second kappa shape index (κ2) is 2.97. The molecule has 0 aliphatic carbocycles. The fourth-order valence-corrected chi connectivity index (χ4v) is 2.05. The van der Waals surface area contributed by atoms with Gasteiger partial charge in [-0.05, 0) is 19.1 Å². The first-order valence-electron chi connectivity index (χ1n) is 4.70. The molecule has 3 nitrogen and oxygen atoms in total. The molecule has 2 heterocycles. The van der Waals surface area contributed by atoms with Crippen LogP contribution >= 0.6 is 12.6 Å². The summed E-state index contributed by atoms with van der Waals surface area (Å²) in [6.45, 7) is 1.97. The van der Waals surface area contributed by atoms with Crippen LogP contribution in [0, 0.1) is 6.92 Å². The van der Waals surface area contributed by atoms with Crippen molar-refractivity contribution >= 4 is 29.0 Å². The van der Waals surface area contributed by atoms with Crippen LogP contribution in [0.15, 0.2) is 35.5 Å². The number of thiol groups is 1. The largest absolute Gasteiger partial charge is 0.223 e. The number of aryl methyl sites for hydroxylation is 1. The Kier molecular flexibility index (Phi) is 1.73. The molecule has 0 bridgehead atoms. The van der Waals surface area contributed by atoms with E-state index in [4.69, 9.17) is 0 Å². The highest BCUT2D eigenvalue weighted by Crippen LogP contribution is 2.21. The third-order valence-corrected chi connectivity index (χ3v) is 2.71. The van der Waals surface area contributed by atoms with Gasteiger partial charge in [-0.25, -0.2) is 9.50 Å². The summed E-state index contributed by atoms with van der Waals surface area (Å²) < 4.78 is 1.76. The van der Waals surface area contributed by atoms with Gasteiger partial charge in [0.1, 0.15) is 0 Å². The summed E-state index contributed by atoms with van der Waals surface area (Å²) in [6, 6.07) is 10.1. The lowest BCUT2D eigenvalue weighted by atomic mass is 10.2. The van der Waals surface area contributed by atoms with E-state index in [1.54, 1.807) is 4.52 Å². The highest BCUT2D eigenvalue weighted by Gasteiger charge is 2.06. The molecule has 4 heteroatoms. The van der Waals surface area contributed by atoms with E-state index in [2.05, 4.69) is 22.7 Å². The Labute approximate surface area is 92.2 Å².